The molecule has 1 aliphatic heterocycles. The number of amides is 1. The molecule has 1 N–H and O–H groups in total. The minimum absolute atomic E-state index is 0.00530. The smallest absolute Gasteiger partial charge is 0.228 e. The Morgan fingerprint density at radius 2 is 2.14 bits per heavy atom. The van der Waals surface area contributed by atoms with Crippen molar-refractivity contribution in [3.05, 3.63) is 58.1 Å². The Morgan fingerprint density at radius 1 is 1.33 bits per heavy atom. The summed E-state index contributed by atoms with van der Waals surface area (Å²) in [6, 6.07) is 11.6. The van der Waals surface area contributed by atoms with Crippen molar-refractivity contribution in [2.24, 2.45) is 0 Å². The van der Waals surface area contributed by atoms with Gasteiger partial charge in [0.05, 0.1) is 18.4 Å². The van der Waals surface area contributed by atoms with Crippen LogP contribution in [0.15, 0.2) is 36.4 Å². The summed E-state index contributed by atoms with van der Waals surface area (Å²) in [6.07, 6.45) is 0.400. The van der Waals surface area contributed by atoms with Crippen LogP contribution < -0.4 is 10.1 Å². The van der Waals surface area contributed by atoms with Crippen LogP contribution in [0.2, 0.25) is 5.02 Å². The van der Waals surface area contributed by atoms with Gasteiger partial charge in [-0.1, -0.05) is 45.7 Å². The SMILES string of the molecule is COc1cccc(C(Br)c2cc3c(cc2Cl)NC(=O)C3)c1. The van der Waals surface area contributed by atoms with E-state index in [1.807, 2.05) is 36.4 Å². The van der Waals surface area contributed by atoms with Crippen molar-refractivity contribution in [3.63, 3.8) is 0 Å². The van der Waals surface area contributed by atoms with Gasteiger partial charge in [0.25, 0.3) is 0 Å². The van der Waals surface area contributed by atoms with E-state index in [-0.39, 0.29) is 10.7 Å². The van der Waals surface area contributed by atoms with Crippen molar-refractivity contribution >= 4 is 39.1 Å². The number of alkyl halides is 1. The molecule has 2 aromatic carbocycles. The van der Waals surface area contributed by atoms with Crippen LogP contribution in [0, 0.1) is 0 Å². The molecular formula is C16H13BrClNO2. The van der Waals surface area contributed by atoms with Crippen molar-refractivity contribution in [3.8, 4) is 5.75 Å². The molecule has 1 unspecified atom stereocenters. The molecule has 108 valence electrons. The summed E-state index contributed by atoms with van der Waals surface area (Å²) in [4.78, 5) is 11.4. The van der Waals surface area contributed by atoms with Gasteiger partial charge in [-0.2, -0.15) is 0 Å². The van der Waals surface area contributed by atoms with Crippen molar-refractivity contribution in [1.29, 1.82) is 0 Å². The lowest BCUT2D eigenvalue weighted by molar-refractivity contribution is -0.115. The van der Waals surface area contributed by atoms with Crippen LogP contribution in [0.4, 0.5) is 5.69 Å². The second-order valence-electron chi connectivity index (χ2n) is 4.89. The number of anilines is 1. The van der Waals surface area contributed by atoms with Gasteiger partial charge in [-0.05, 0) is 34.9 Å². The largest absolute Gasteiger partial charge is 0.497 e. The first-order chi connectivity index (χ1) is 10.1. The third kappa shape index (κ3) is 2.78. The second kappa shape index (κ2) is 5.70. The summed E-state index contributed by atoms with van der Waals surface area (Å²) in [7, 11) is 1.64. The number of carbonyl (C=O) groups excluding carboxylic acids is 1. The fraction of sp³-hybridized carbons (Fsp3) is 0.188. The standard InChI is InChI=1S/C16H13BrClNO2/c1-21-11-4-2-3-9(5-11)16(17)12-6-10-7-15(20)19-14(10)8-13(12)18/h2-6,8,16H,7H2,1H3,(H,19,20). The highest BCUT2D eigenvalue weighted by atomic mass is 79.9. The minimum Gasteiger partial charge on any atom is -0.497 e. The van der Waals surface area contributed by atoms with Crippen molar-refractivity contribution in [2.45, 2.75) is 11.2 Å². The lowest BCUT2D eigenvalue weighted by atomic mass is 10.0. The zero-order chi connectivity index (χ0) is 15.0. The van der Waals surface area contributed by atoms with Gasteiger partial charge in [-0.15, -0.1) is 0 Å². The van der Waals surface area contributed by atoms with E-state index in [2.05, 4.69) is 21.2 Å². The van der Waals surface area contributed by atoms with Gasteiger partial charge in [0, 0.05) is 10.7 Å². The molecule has 0 saturated carbocycles. The number of fused-ring (bicyclic) bond motifs is 1. The molecule has 1 amide bonds. The molecule has 0 bridgehead atoms. The first-order valence-electron chi connectivity index (χ1n) is 6.48. The number of nitrogens with one attached hydrogen (secondary N) is 1. The third-order valence-electron chi connectivity index (χ3n) is 3.51. The Bertz CT molecular complexity index is 717. The quantitative estimate of drug-likeness (QED) is 0.821. The van der Waals surface area contributed by atoms with E-state index in [1.54, 1.807) is 7.11 Å². The molecule has 0 aliphatic carbocycles. The average Bonchev–Trinajstić information content (AvgIpc) is 2.84. The topological polar surface area (TPSA) is 38.3 Å². The number of halogens is 2. The molecule has 2 aromatic rings. The molecule has 1 atom stereocenters. The van der Waals surface area contributed by atoms with Crippen LogP contribution in [-0.2, 0) is 11.2 Å². The highest BCUT2D eigenvalue weighted by molar-refractivity contribution is 9.09. The summed E-state index contributed by atoms with van der Waals surface area (Å²) in [5.74, 6) is 0.803. The van der Waals surface area contributed by atoms with Gasteiger partial charge >= 0.3 is 0 Å². The summed E-state index contributed by atoms with van der Waals surface area (Å²) in [6.45, 7) is 0. The zero-order valence-corrected chi connectivity index (χ0v) is 13.7. The number of hydrogen-bond donors (Lipinski definition) is 1. The van der Waals surface area contributed by atoms with Gasteiger partial charge < -0.3 is 10.1 Å². The maximum absolute atomic E-state index is 11.5. The van der Waals surface area contributed by atoms with E-state index in [4.69, 9.17) is 16.3 Å². The molecule has 3 nitrogen and oxygen atoms in total. The van der Waals surface area contributed by atoms with Gasteiger partial charge in [-0.25, -0.2) is 0 Å². The summed E-state index contributed by atoms with van der Waals surface area (Å²) in [5.41, 5.74) is 3.78. The molecule has 0 saturated heterocycles. The fourth-order valence-electron chi connectivity index (χ4n) is 2.44. The van der Waals surface area contributed by atoms with Gasteiger partial charge in [0.1, 0.15) is 5.75 Å². The van der Waals surface area contributed by atoms with E-state index in [0.29, 0.717) is 11.4 Å². The molecule has 0 fully saturated rings. The molecule has 1 heterocycles. The normalized spacial score (nSPS) is 14.5. The predicted octanol–water partition coefficient (Wildman–Crippen LogP) is 4.33. The zero-order valence-electron chi connectivity index (χ0n) is 11.3. The van der Waals surface area contributed by atoms with E-state index in [9.17, 15) is 4.79 Å². The van der Waals surface area contributed by atoms with Crippen LogP contribution in [0.5, 0.6) is 5.75 Å². The second-order valence-corrected chi connectivity index (χ2v) is 6.22. The van der Waals surface area contributed by atoms with Gasteiger partial charge in [0.2, 0.25) is 5.91 Å². The fourth-order valence-corrected chi connectivity index (χ4v) is 3.51. The van der Waals surface area contributed by atoms with E-state index < -0.39 is 0 Å². The Labute approximate surface area is 136 Å². The Balaban J connectivity index is 2.00. The summed E-state index contributed by atoms with van der Waals surface area (Å²) >= 11 is 10.0. The van der Waals surface area contributed by atoms with E-state index in [1.165, 1.54) is 0 Å². The van der Waals surface area contributed by atoms with Gasteiger partial charge in [0.15, 0.2) is 0 Å². The number of benzene rings is 2. The third-order valence-corrected chi connectivity index (χ3v) is 4.86. The molecule has 0 aromatic heterocycles. The molecule has 21 heavy (non-hydrogen) atoms. The minimum atomic E-state index is -0.0545. The van der Waals surface area contributed by atoms with Crippen molar-refractivity contribution in [2.75, 3.05) is 12.4 Å². The molecule has 5 heteroatoms. The maximum atomic E-state index is 11.5. The van der Waals surface area contributed by atoms with Crippen LogP contribution in [0.3, 0.4) is 0 Å². The lowest BCUT2D eigenvalue weighted by Crippen LogP contribution is -2.03. The highest BCUT2D eigenvalue weighted by Gasteiger charge is 2.22. The maximum Gasteiger partial charge on any atom is 0.228 e. The first-order valence-corrected chi connectivity index (χ1v) is 7.78. The molecule has 0 spiro atoms. The number of ether oxygens (including phenoxy) is 1. The predicted molar refractivity (Wildman–Crippen MR) is 87.5 cm³/mol. The van der Waals surface area contributed by atoms with Crippen LogP contribution in [0.1, 0.15) is 21.5 Å². The van der Waals surface area contributed by atoms with Crippen LogP contribution in [0.25, 0.3) is 0 Å². The lowest BCUT2D eigenvalue weighted by Gasteiger charge is -2.15. The monoisotopic (exact) mass is 365 g/mol. The van der Waals surface area contributed by atoms with E-state index in [0.717, 1.165) is 28.1 Å². The molecular weight excluding hydrogens is 354 g/mol. The van der Waals surface area contributed by atoms with Gasteiger partial charge in [-0.3, -0.25) is 4.79 Å². The number of hydrogen-bond acceptors (Lipinski definition) is 2. The summed E-state index contributed by atoms with van der Waals surface area (Å²) in [5, 5.41) is 3.43. The van der Waals surface area contributed by atoms with Crippen LogP contribution >= 0.6 is 27.5 Å². The molecule has 3 rings (SSSR count). The number of rotatable bonds is 3. The number of methoxy groups -OCH3 is 1. The Morgan fingerprint density at radius 3 is 2.90 bits per heavy atom. The molecule has 0 radical (unpaired) electrons. The van der Waals surface area contributed by atoms with Crippen molar-refractivity contribution < 1.29 is 9.53 Å². The Kier molecular flexibility index (Phi) is 3.91. The highest BCUT2D eigenvalue weighted by Crippen LogP contribution is 2.40. The van der Waals surface area contributed by atoms with E-state index >= 15 is 0 Å². The number of carbonyl (C=O) groups is 1. The molecule has 1 aliphatic rings. The van der Waals surface area contributed by atoms with Crippen molar-refractivity contribution in [1.82, 2.24) is 0 Å². The first kappa shape index (κ1) is 14.4. The summed E-state index contributed by atoms with van der Waals surface area (Å²) < 4.78 is 5.25. The average molecular weight is 367 g/mol. The Hall–Kier alpha value is -1.52. The van der Waals surface area contributed by atoms with Crippen LogP contribution in [-0.4, -0.2) is 13.0 Å².